The van der Waals surface area contributed by atoms with Crippen molar-refractivity contribution in [1.82, 2.24) is 9.88 Å². The number of hydrogen-bond donors (Lipinski definition) is 0. The number of terminal acetylenes is 1. The molecule has 1 aliphatic rings. The van der Waals surface area contributed by atoms with Crippen LogP contribution in [0.25, 0.3) is 0 Å². The molecule has 0 saturated carbocycles. The van der Waals surface area contributed by atoms with Crippen LogP contribution in [0.2, 0.25) is 0 Å². The molecular formula is C13H17N3. The molecule has 3 nitrogen and oxygen atoms in total. The first kappa shape index (κ1) is 11.0. The number of piperazine rings is 1. The minimum Gasteiger partial charge on any atom is -0.354 e. The summed E-state index contributed by atoms with van der Waals surface area (Å²) in [5, 5.41) is 0. The van der Waals surface area contributed by atoms with Gasteiger partial charge in [-0.25, -0.2) is 4.98 Å². The molecule has 0 bridgehead atoms. The van der Waals surface area contributed by atoms with Crippen LogP contribution in [0.5, 0.6) is 0 Å². The van der Waals surface area contributed by atoms with Crippen LogP contribution in [0.1, 0.15) is 12.5 Å². The highest BCUT2D eigenvalue weighted by Crippen LogP contribution is 2.13. The summed E-state index contributed by atoms with van der Waals surface area (Å²) in [5.41, 5.74) is 0.843. The second-order valence-electron chi connectivity index (χ2n) is 3.97. The van der Waals surface area contributed by atoms with E-state index in [1.54, 1.807) is 6.20 Å². The van der Waals surface area contributed by atoms with Crippen molar-refractivity contribution < 1.29 is 0 Å². The third-order valence-corrected chi connectivity index (χ3v) is 3.06. The molecule has 0 atom stereocenters. The van der Waals surface area contributed by atoms with Gasteiger partial charge < -0.3 is 9.80 Å². The van der Waals surface area contributed by atoms with E-state index in [9.17, 15) is 0 Å². The summed E-state index contributed by atoms with van der Waals surface area (Å²) >= 11 is 0. The van der Waals surface area contributed by atoms with E-state index in [1.165, 1.54) is 0 Å². The van der Waals surface area contributed by atoms with E-state index in [0.29, 0.717) is 0 Å². The van der Waals surface area contributed by atoms with E-state index in [4.69, 9.17) is 6.42 Å². The van der Waals surface area contributed by atoms with Gasteiger partial charge in [-0.3, -0.25) is 0 Å². The number of pyridine rings is 1. The molecule has 0 N–H and O–H groups in total. The predicted octanol–water partition coefficient (Wildman–Crippen LogP) is 1.20. The lowest BCUT2D eigenvalue weighted by atomic mass is 10.2. The molecule has 2 rings (SSSR count). The quantitative estimate of drug-likeness (QED) is 0.691. The molecule has 1 saturated heterocycles. The third-order valence-electron chi connectivity index (χ3n) is 3.06. The summed E-state index contributed by atoms with van der Waals surface area (Å²) in [7, 11) is 0. The first-order valence-corrected chi connectivity index (χ1v) is 5.73. The van der Waals surface area contributed by atoms with Gasteiger partial charge in [-0.05, 0) is 18.7 Å². The molecule has 1 fully saturated rings. The fraction of sp³-hybridized carbons (Fsp3) is 0.462. The van der Waals surface area contributed by atoms with Gasteiger partial charge in [0.05, 0.1) is 0 Å². The zero-order valence-electron chi connectivity index (χ0n) is 9.69. The Hall–Kier alpha value is -1.53. The maximum absolute atomic E-state index is 5.30. The minimum atomic E-state index is 0.843. The maximum Gasteiger partial charge on any atom is 0.128 e. The highest BCUT2D eigenvalue weighted by atomic mass is 15.3. The Morgan fingerprint density at radius 2 is 2.06 bits per heavy atom. The Bertz CT molecular complexity index is 369. The van der Waals surface area contributed by atoms with E-state index < -0.39 is 0 Å². The zero-order valence-corrected chi connectivity index (χ0v) is 9.69. The van der Waals surface area contributed by atoms with Crippen LogP contribution in [0.4, 0.5) is 5.82 Å². The van der Waals surface area contributed by atoms with E-state index in [0.717, 1.165) is 44.1 Å². The van der Waals surface area contributed by atoms with Crippen molar-refractivity contribution in [1.29, 1.82) is 0 Å². The van der Waals surface area contributed by atoms with Crippen molar-refractivity contribution >= 4 is 5.82 Å². The Kier molecular flexibility index (Phi) is 3.43. The molecule has 0 aromatic carbocycles. The van der Waals surface area contributed by atoms with Gasteiger partial charge in [-0.1, -0.05) is 12.8 Å². The third kappa shape index (κ3) is 2.34. The van der Waals surface area contributed by atoms with Crippen molar-refractivity contribution in [3.05, 3.63) is 23.9 Å². The van der Waals surface area contributed by atoms with Crippen LogP contribution in [-0.4, -0.2) is 42.6 Å². The molecule has 16 heavy (non-hydrogen) atoms. The van der Waals surface area contributed by atoms with E-state index >= 15 is 0 Å². The molecule has 0 radical (unpaired) electrons. The fourth-order valence-electron chi connectivity index (χ4n) is 1.95. The SMILES string of the molecule is C#Cc1ccc(N2CCN(CC)CC2)nc1. The molecule has 2 heterocycles. The van der Waals surface area contributed by atoms with Crippen LogP contribution in [0, 0.1) is 12.3 Å². The Morgan fingerprint density at radius 1 is 1.31 bits per heavy atom. The van der Waals surface area contributed by atoms with E-state index in [-0.39, 0.29) is 0 Å². The molecule has 0 spiro atoms. The first-order valence-electron chi connectivity index (χ1n) is 5.73. The molecule has 0 amide bonds. The molecule has 1 aromatic rings. The van der Waals surface area contributed by atoms with Gasteiger partial charge in [0, 0.05) is 37.9 Å². The lowest BCUT2D eigenvalue weighted by Crippen LogP contribution is -2.46. The molecule has 1 aromatic heterocycles. The van der Waals surface area contributed by atoms with Crippen LogP contribution < -0.4 is 4.90 Å². The van der Waals surface area contributed by atoms with Crippen molar-refractivity contribution in [3.8, 4) is 12.3 Å². The summed E-state index contributed by atoms with van der Waals surface area (Å²) in [6, 6.07) is 3.96. The van der Waals surface area contributed by atoms with Gasteiger partial charge in [0.2, 0.25) is 0 Å². The predicted molar refractivity (Wildman–Crippen MR) is 66.5 cm³/mol. The highest BCUT2D eigenvalue weighted by molar-refractivity contribution is 5.43. The molecular weight excluding hydrogens is 198 g/mol. The fourth-order valence-corrected chi connectivity index (χ4v) is 1.95. The zero-order chi connectivity index (χ0) is 11.4. The molecule has 3 heteroatoms. The number of aromatic nitrogens is 1. The Labute approximate surface area is 97.1 Å². The topological polar surface area (TPSA) is 19.4 Å². The number of nitrogens with zero attached hydrogens (tertiary/aromatic N) is 3. The van der Waals surface area contributed by atoms with Crippen LogP contribution in [0.15, 0.2) is 18.3 Å². The Morgan fingerprint density at radius 3 is 2.56 bits per heavy atom. The second kappa shape index (κ2) is 5.00. The van der Waals surface area contributed by atoms with Crippen molar-refractivity contribution in [2.45, 2.75) is 6.92 Å². The highest BCUT2D eigenvalue weighted by Gasteiger charge is 2.16. The molecule has 84 valence electrons. The summed E-state index contributed by atoms with van der Waals surface area (Å²) in [4.78, 5) is 9.15. The van der Waals surface area contributed by atoms with Gasteiger partial charge in [-0.15, -0.1) is 6.42 Å². The normalized spacial score (nSPS) is 17.1. The van der Waals surface area contributed by atoms with E-state index in [2.05, 4.69) is 27.6 Å². The summed E-state index contributed by atoms with van der Waals surface area (Å²) < 4.78 is 0. The van der Waals surface area contributed by atoms with Crippen LogP contribution in [-0.2, 0) is 0 Å². The van der Waals surface area contributed by atoms with Crippen LogP contribution >= 0.6 is 0 Å². The van der Waals surface area contributed by atoms with Gasteiger partial charge in [0.1, 0.15) is 5.82 Å². The van der Waals surface area contributed by atoms with Gasteiger partial charge in [0.25, 0.3) is 0 Å². The number of rotatable bonds is 2. The maximum atomic E-state index is 5.30. The Balaban J connectivity index is 2.00. The lowest BCUT2D eigenvalue weighted by Gasteiger charge is -2.34. The molecule has 0 aliphatic carbocycles. The average molecular weight is 215 g/mol. The molecule has 0 unspecified atom stereocenters. The smallest absolute Gasteiger partial charge is 0.128 e. The van der Waals surface area contributed by atoms with E-state index in [1.807, 2.05) is 12.1 Å². The largest absolute Gasteiger partial charge is 0.354 e. The lowest BCUT2D eigenvalue weighted by molar-refractivity contribution is 0.270. The van der Waals surface area contributed by atoms with Crippen molar-refractivity contribution in [3.63, 3.8) is 0 Å². The minimum absolute atomic E-state index is 0.843. The number of likely N-dealkylation sites (N-methyl/N-ethyl adjacent to an activating group) is 1. The van der Waals surface area contributed by atoms with Gasteiger partial charge >= 0.3 is 0 Å². The number of hydrogen-bond acceptors (Lipinski definition) is 3. The first-order chi connectivity index (χ1) is 7.83. The number of anilines is 1. The summed E-state index contributed by atoms with van der Waals surface area (Å²) in [5.74, 6) is 3.62. The molecule has 1 aliphatic heterocycles. The van der Waals surface area contributed by atoms with Gasteiger partial charge in [-0.2, -0.15) is 0 Å². The summed E-state index contributed by atoms with van der Waals surface area (Å²) in [6.07, 6.45) is 7.07. The second-order valence-corrected chi connectivity index (χ2v) is 3.97. The van der Waals surface area contributed by atoms with Crippen LogP contribution in [0.3, 0.4) is 0 Å². The van der Waals surface area contributed by atoms with Gasteiger partial charge in [0.15, 0.2) is 0 Å². The van der Waals surface area contributed by atoms with Crippen molar-refractivity contribution in [2.75, 3.05) is 37.6 Å². The monoisotopic (exact) mass is 215 g/mol. The average Bonchev–Trinajstić information content (AvgIpc) is 2.39. The van der Waals surface area contributed by atoms with Crippen molar-refractivity contribution in [2.24, 2.45) is 0 Å². The summed E-state index contributed by atoms with van der Waals surface area (Å²) in [6.45, 7) is 7.68. The standard InChI is InChI=1S/C13H17N3/c1-3-12-5-6-13(14-11-12)16-9-7-15(4-2)8-10-16/h1,5-6,11H,4,7-10H2,2H3.